The minimum atomic E-state index is -0.385. The zero-order valence-electron chi connectivity index (χ0n) is 17.1. The fraction of sp³-hybridized carbons (Fsp3) is 0.364. The molecule has 0 radical (unpaired) electrons. The van der Waals surface area contributed by atoms with Crippen LogP contribution in [0.15, 0.2) is 36.4 Å². The van der Waals surface area contributed by atoms with Crippen LogP contribution in [0, 0.1) is 5.82 Å². The summed E-state index contributed by atoms with van der Waals surface area (Å²) in [5, 5.41) is 5.70. The zero-order chi connectivity index (χ0) is 21.9. The van der Waals surface area contributed by atoms with Crippen molar-refractivity contribution in [1.29, 1.82) is 0 Å². The molecule has 2 aromatic rings. The van der Waals surface area contributed by atoms with Gasteiger partial charge in [-0.25, -0.2) is 4.39 Å². The Bertz CT molecular complexity index is 876. The van der Waals surface area contributed by atoms with Crippen molar-refractivity contribution in [1.82, 2.24) is 10.6 Å². The third-order valence-electron chi connectivity index (χ3n) is 4.01. The third-order valence-corrected chi connectivity index (χ3v) is 4.29. The molecule has 2 N–H and O–H groups in total. The molecule has 8 heteroatoms. The van der Waals surface area contributed by atoms with E-state index in [9.17, 15) is 14.0 Å². The van der Waals surface area contributed by atoms with E-state index >= 15 is 0 Å². The maximum atomic E-state index is 13.2. The Morgan fingerprint density at radius 1 is 1.07 bits per heavy atom. The highest BCUT2D eigenvalue weighted by Crippen LogP contribution is 2.36. The Morgan fingerprint density at radius 2 is 1.83 bits per heavy atom. The van der Waals surface area contributed by atoms with Crippen molar-refractivity contribution in [3.63, 3.8) is 0 Å². The van der Waals surface area contributed by atoms with E-state index in [2.05, 4.69) is 10.6 Å². The number of carbonyl (C=O) groups is 2. The largest absolute Gasteiger partial charge is 0.490 e. The monoisotopic (exact) mass is 436 g/mol. The van der Waals surface area contributed by atoms with E-state index in [1.54, 1.807) is 18.2 Å². The first-order valence-corrected chi connectivity index (χ1v) is 10.2. The van der Waals surface area contributed by atoms with Gasteiger partial charge in [0.25, 0.3) is 5.91 Å². The van der Waals surface area contributed by atoms with Gasteiger partial charge in [-0.3, -0.25) is 9.59 Å². The second-order valence-corrected chi connectivity index (χ2v) is 6.89. The molecule has 2 rings (SSSR count). The van der Waals surface area contributed by atoms with Crippen LogP contribution in [0.4, 0.5) is 4.39 Å². The van der Waals surface area contributed by atoms with Crippen LogP contribution < -0.4 is 20.1 Å². The van der Waals surface area contributed by atoms with Crippen molar-refractivity contribution in [3.05, 3.63) is 58.4 Å². The van der Waals surface area contributed by atoms with Crippen LogP contribution in [-0.2, 0) is 11.2 Å². The molecule has 2 amide bonds. The molecule has 0 saturated carbocycles. The van der Waals surface area contributed by atoms with E-state index < -0.39 is 0 Å². The molecule has 0 atom stereocenters. The van der Waals surface area contributed by atoms with Crippen LogP contribution in [0.25, 0.3) is 0 Å². The van der Waals surface area contributed by atoms with E-state index in [0.717, 1.165) is 6.42 Å². The molecule has 0 fully saturated rings. The van der Waals surface area contributed by atoms with E-state index in [-0.39, 0.29) is 37.1 Å². The quantitative estimate of drug-likeness (QED) is 0.526. The van der Waals surface area contributed by atoms with E-state index in [4.69, 9.17) is 21.1 Å². The molecule has 0 aromatic heterocycles. The number of ether oxygens (including phenoxy) is 2. The summed E-state index contributed by atoms with van der Waals surface area (Å²) in [4.78, 5) is 24.4. The minimum absolute atomic E-state index is 0.0677. The molecule has 30 heavy (non-hydrogen) atoms. The Morgan fingerprint density at radius 3 is 2.53 bits per heavy atom. The molecule has 0 heterocycles. The van der Waals surface area contributed by atoms with E-state index in [1.165, 1.54) is 18.2 Å². The number of rotatable bonds is 11. The first-order valence-electron chi connectivity index (χ1n) is 9.83. The maximum Gasteiger partial charge on any atom is 0.251 e. The van der Waals surface area contributed by atoms with E-state index in [1.807, 2.05) is 13.8 Å². The molecule has 0 saturated heterocycles. The van der Waals surface area contributed by atoms with Gasteiger partial charge in [0.2, 0.25) is 5.91 Å². The summed E-state index contributed by atoms with van der Waals surface area (Å²) in [6, 6.07) is 8.97. The number of hydrogen-bond donors (Lipinski definition) is 2. The molecule has 0 bridgehead atoms. The summed E-state index contributed by atoms with van der Waals surface area (Å²) < 4.78 is 24.3. The minimum Gasteiger partial charge on any atom is -0.490 e. The van der Waals surface area contributed by atoms with Gasteiger partial charge in [-0.05, 0) is 43.2 Å². The Kier molecular flexibility index (Phi) is 9.41. The smallest absolute Gasteiger partial charge is 0.251 e. The topological polar surface area (TPSA) is 76.7 Å². The molecule has 0 aliphatic heterocycles. The summed E-state index contributed by atoms with van der Waals surface area (Å²) in [6.07, 6.45) is 0.882. The van der Waals surface area contributed by atoms with Crippen LogP contribution in [0.3, 0.4) is 0 Å². The number of hydrogen-bond acceptors (Lipinski definition) is 4. The first-order chi connectivity index (χ1) is 14.4. The molecule has 0 spiro atoms. The first kappa shape index (κ1) is 23.5. The normalized spacial score (nSPS) is 10.4. The molecular weight excluding hydrogens is 411 g/mol. The lowest BCUT2D eigenvalue weighted by Gasteiger charge is -2.15. The maximum absolute atomic E-state index is 13.2. The van der Waals surface area contributed by atoms with Crippen molar-refractivity contribution in [3.8, 4) is 11.5 Å². The second-order valence-electron chi connectivity index (χ2n) is 6.48. The second kappa shape index (κ2) is 12.0. The number of carbonyl (C=O) groups excluding carboxylic acids is 2. The van der Waals surface area contributed by atoms with Crippen molar-refractivity contribution >= 4 is 23.4 Å². The predicted octanol–water partition coefficient (Wildman–Crippen LogP) is 3.76. The molecule has 0 aliphatic rings. The van der Waals surface area contributed by atoms with Gasteiger partial charge in [-0.2, -0.15) is 0 Å². The van der Waals surface area contributed by atoms with Crippen molar-refractivity contribution in [2.45, 2.75) is 26.7 Å². The van der Waals surface area contributed by atoms with Crippen LogP contribution in [0.1, 0.15) is 36.2 Å². The van der Waals surface area contributed by atoms with Crippen molar-refractivity contribution in [2.24, 2.45) is 0 Å². The summed E-state index contributed by atoms with van der Waals surface area (Å²) in [7, 11) is 0. The molecule has 0 unspecified atom stereocenters. The molecule has 162 valence electrons. The summed E-state index contributed by atoms with van der Waals surface area (Å²) in [6.45, 7) is 5.17. The molecule has 2 aromatic carbocycles. The highest BCUT2D eigenvalue weighted by atomic mass is 35.5. The number of benzene rings is 2. The Hall–Kier alpha value is -2.80. The van der Waals surface area contributed by atoms with Gasteiger partial charge in [0, 0.05) is 18.7 Å². The molecular formula is C22H26ClFN2O4. The summed E-state index contributed by atoms with van der Waals surface area (Å²) >= 11 is 6.27. The van der Waals surface area contributed by atoms with Gasteiger partial charge in [0.15, 0.2) is 11.5 Å². The number of nitrogens with one attached hydrogen (secondary N) is 2. The highest BCUT2D eigenvalue weighted by Gasteiger charge is 2.16. The number of amides is 2. The van der Waals surface area contributed by atoms with Gasteiger partial charge in [-0.1, -0.05) is 30.7 Å². The highest BCUT2D eigenvalue weighted by molar-refractivity contribution is 6.32. The van der Waals surface area contributed by atoms with E-state index in [0.29, 0.717) is 40.9 Å². The van der Waals surface area contributed by atoms with Crippen LogP contribution in [0.5, 0.6) is 11.5 Å². The fourth-order valence-electron chi connectivity index (χ4n) is 2.68. The summed E-state index contributed by atoms with van der Waals surface area (Å²) in [5.41, 5.74) is 0.915. The predicted molar refractivity (Wildman–Crippen MR) is 114 cm³/mol. The van der Waals surface area contributed by atoms with Crippen LogP contribution >= 0.6 is 11.6 Å². The lowest BCUT2D eigenvalue weighted by molar-refractivity contribution is -0.120. The van der Waals surface area contributed by atoms with Gasteiger partial charge in [0.1, 0.15) is 5.82 Å². The fourth-order valence-corrected chi connectivity index (χ4v) is 2.95. The lowest BCUT2D eigenvalue weighted by Crippen LogP contribution is -2.35. The van der Waals surface area contributed by atoms with Crippen LogP contribution in [-0.4, -0.2) is 38.1 Å². The van der Waals surface area contributed by atoms with Gasteiger partial charge in [0.05, 0.1) is 24.7 Å². The van der Waals surface area contributed by atoms with Gasteiger partial charge < -0.3 is 20.1 Å². The summed E-state index contributed by atoms with van der Waals surface area (Å²) in [5.74, 6) is -0.162. The Balaban J connectivity index is 1.87. The third kappa shape index (κ3) is 7.22. The van der Waals surface area contributed by atoms with Crippen molar-refractivity contribution in [2.75, 3.05) is 26.3 Å². The standard InChI is InChI=1S/C22H26ClFN2O4/c1-3-10-30-21-18(23)13-16(14-19(21)29-4-2)22(28)26-9-8-25-20(27)12-15-6-5-7-17(24)11-15/h5-7,11,13-14H,3-4,8-10,12H2,1-2H3,(H,25,27)(H,26,28). The SMILES string of the molecule is CCCOc1c(Cl)cc(C(=O)NCCNC(=O)Cc2cccc(F)c2)cc1OCC. The number of halogens is 2. The van der Waals surface area contributed by atoms with Crippen molar-refractivity contribution < 1.29 is 23.5 Å². The molecule has 0 aliphatic carbocycles. The van der Waals surface area contributed by atoms with Crippen LogP contribution in [0.2, 0.25) is 5.02 Å². The zero-order valence-corrected chi connectivity index (χ0v) is 17.9. The Labute approximate surface area is 180 Å². The average molecular weight is 437 g/mol. The molecule has 6 nitrogen and oxygen atoms in total. The lowest BCUT2D eigenvalue weighted by atomic mass is 10.1. The van der Waals surface area contributed by atoms with Gasteiger partial charge >= 0.3 is 0 Å². The average Bonchev–Trinajstić information content (AvgIpc) is 2.70. The van der Waals surface area contributed by atoms with Gasteiger partial charge in [-0.15, -0.1) is 0 Å².